The van der Waals surface area contributed by atoms with Gasteiger partial charge in [-0.05, 0) is 30.3 Å². The second-order valence-corrected chi connectivity index (χ2v) is 3.76. The quantitative estimate of drug-likeness (QED) is 0.776. The van der Waals surface area contributed by atoms with Crippen molar-refractivity contribution in [2.75, 3.05) is 0 Å². The molecule has 2 aromatic rings. The van der Waals surface area contributed by atoms with E-state index in [4.69, 9.17) is 16.3 Å². The molecule has 1 aromatic heterocycles. The standard InChI is InChI=1S/C13H11ClFNO/c14-8-10-7-11(15)4-5-13(10)17-9-12-3-1-2-6-16-12/h1-7H,8-9H2. The summed E-state index contributed by atoms with van der Waals surface area (Å²) in [4.78, 5) is 4.13. The fourth-order valence-corrected chi connectivity index (χ4v) is 1.64. The normalized spacial score (nSPS) is 10.2. The number of benzene rings is 1. The van der Waals surface area contributed by atoms with Crippen LogP contribution in [0.25, 0.3) is 0 Å². The van der Waals surface area contributed by atoms with Gasteiger partial charge in [-0.25, -0.2) is 4.39 Å². The van der Waals surface area contributed by atoms with Crippen LogP contribution in [0.1, 0.15) is 11.3 Å². The molecule has 1 aromatic carbocycles. The van der Waals surface area contributed by atoms with Crippen LogP contribution in [-0.2, 0) is 12.5 Å². The van der Waals surface area contributed by atoms with Crippen LogP contribution in [0.4, 0.5) is 4.39 Å². The third kappa shape index (κ3) is 3.17. The summed E-state index contributed by atoms with van der Waals surface area (Å²) in [5.74, 6) is 0.493. The Kier molecular flexibility index (Phi) is 3.94. The van der Waals surface area contributed by atoms with Crippen LogP contribution in [0, 0.1) is 5.82 Å². The van der Waals surface area contributed by atoms with E-state index in [1.54, 1.807) is 12.3 Å². The lowest BCUT2D eigenvalue weighted by Crippen LogP contribution is -1.99. The van der Waals surface area contributed by atoms with Gasteiger partial charge in [0, 0.05) is 11.8 Å². The first-order chi connectivity index (χ1) is 8.29. The summed E-state index contributed by atoms with van der Waals surface area (Å²) in [5, 5.41) is 0. The van der Waals surface area contributed by atoms with Crippen LogP contribution in [-0.4, -0.2) is 4.98 Å². The van der Waals surface area contributed by atoms with Crippen molar-refractivity contribution in [3.05, 3.63) is 59.7 Å². The molecule has 1 heterocycles. The predicted molar refractivity (Wildman–Crippen MR) is 64.5 cm³/mol. The zero-order valence-corrected chi connectivity index (χ0v) is 9.82. The number of alkyl halides is 1. The Labute approximate surface area is 104 Å². The summed E-state index contributed by atoms with van der Waals surface area (Å²) in [6.07, 6.45) is 1.70. The van der Waals surface area contributed by atoms with Gasteiger partial charge in [-0.1, -0.05) is 6.07 Å². The van der Waals surface area contributed by atoms with Crippen molar-refractivity contribution in [2.24, 2.45) is 0 Å². The van der Waals surface area contributed by atoms with Crippen LogP contribution in [0.15, 0.2) is 42.6 Å². The Morgan fingerprint density at radius 3 is 2.82 bits per heavy atom. The number of aromatic nitrogens is 1. The fourth-order valence-electron chi connectivity index (χ4n) is 1.43. The molecule has 0 unspecified atom stereocenters. The largest absolute Gasteiger partial charge is 0.487 e. The molecule has 0 aliphatic carbocycles. The van der Waals surface area contributed by atoms with E-state index in [1.165, 1.54) is 12.1 Å². The first-order valence-corrected chi connectivity index (χ1v) is 5.70. The highest BCUT2D eigenvalue weighted by Gasteiger charge is 2.05. The zero-order valence-electron chi connectivity index (χ0n) is 9.07. The molecule has 2 nitrogen and oxygen atoms in total. The van der Waals surface area contributed by atoms with E-state index >= 15 is 0 Å². The molecule has 4 heteroatoms. The molecular formula is C13H11ClFNO. The topological polar surface area (TPSA) is 22.1 Å². The highest BCUT2D eigenvalue weighted by Crippen LogP contribution is 2.22. The van der Waals surface area contributed by atoms with E-state index in [0.717, 1.165) is 5.69 Å². The highest BCUT2D eigenvalue weighted by atomic mass is 35.5. The Balaban J connectivity index is 2.09. The molecule has 0 bridgehead atoms. The summed E-state index contributed by atoms with van der Waals surface area (Å²) in [6.45, 7) is 0.344. The van der Waals surface area contributed by atoms with Crippen molar-refractivity contribution in [1.82, 2.24) is 4.98 Å². The fraction of sp³-hybridized carbons (Fsp3) is 0.154. The second-order valence-electron chi connectivity index (χ2n) is 3.50. The van der Waals surface area contributed by atoms with Crippen LogP contribution >= 0.6 is 11.6 Å². The van der Waals surface area contributed by atoms with Crippen LogP contribution in [0.5, 0.6) is 5.75 Å². The van der Waals surface area contributed by atoms with Crippen molar-refractivity contribution < 1.29 is 9.13 Å². The molecule has 0 spiro atoms. The number of pyridine rings is 1. The monoisotopic (exact) mass is 251 g/mol. The Bertz CT molecular complexity index is 490. The number of hydrogen-bond acceptors (Lipinski definition) is 2. The van der Waals surface area contributed by atoms with E-state index in [9.17, 15) is 4.39 Å². The van der Waals surface area contributed by atoms with Gasteiger partial charge in [-0.3, -0.25) is 4.98 Å². The van der Waals surface area contributed by atoms with Crippen molar-refractivity contribution >= 4 is 11.6 Å². The maximum Gasteiger partial charge on any atom is 0.130 e. The van der Waals surface area contributed by atoms with Gasteiger partial charge in [-0.2, -0.15) is 0 Å². The van der Waals surface area contributed by atoms with Crippen molar-refractivity contribution in [3.63, 3.8) is 0 Å². The molecule has 0 saturated heterocycles. The van der Waals surface area contributed by atoms with E-state index in [2.05, 4.69) is 4.98 Å². The average molecular weight is 252 g/mol. The maximum atomic E-state index is 13.0. The van der Waals surface area contributed by atoms with E-state index in [0.29, 0.717) is 17.9 Å². The number of nitrogens with zero attached hydrogens (tertiary/aromatic N) is 1. The first-order valence-electron chi connectivity index (χ1n) is 5.16. The molecule has 0 fully saturated rings. The SMILES string of the molecule is Fc1ccc(OCc2ccccn2)c(CCl)c1. The third-order valence-electron chi connectivity index (χ3n) is 2.27. The Morgan fingerprint density at radius 1 is 1.24 bits per heavy atom. The van der Waals surface area contributed by atoms with Gasteiger partial charge < -0.3 is 4.74 Å². The van der Waals surface area contributed by atoms with E-state index in [1.807, 2.05) is 18.2 Å². The molecule has 0 radical (unpaired) electrons. The molecule has 17 heavy (non-hydrogen) atoms. The molecule has 0 atom stereocenters. The summed E-state index contributed by atoms with van der Waals surface area (Å²) in [6, 6.07) is 9.90. The van der Waals surface area contributed by atoms with Crippen LogP contribution in [0.2, 0.25) is 0 Å². The molecule has 88 valence electrons. The second kappa shape index (κ2) is 5.64. The lowest BCUT2D eigenvalue weighted by Gasteiger charge is -2.09. The first kappa shape index (κ1) is 11.9. The summed E-state index contributed by atoms with van der Waals surface area (Å²) >= 11 is 5.72. The Morgan fingerprint density at radius 2 is 2.12 bits per heavy atom. The molecule has 0 amide bonds. The minimum Gasteiger partial charge on any atom is -0.487 e. The maximum absolute atomic E-state index is 13.0. The van der Waals surface area contributed by atoms with E-state index in [-0.39, 0.29) is 11.7 Å². The minimum atomic E-state index is -0.314. The summed E-state index contributed by atoms with van der Waals surface area (Å²) in [7, 11) is 0. The van der Waals surface area contributed by atoms with Gasteiger partial charge >= 0.3 is 0 Å². The van der Waals surface area contributed by atoms with Gasteiger partial charge in [0.25, 0.3) is 0 Å². The highest BCUT2D eigenvalue weighted by molar-refractivity contribution is 6.17. The van der Waals surface area contributed by atoms with Gasteiger partial charge in [0.2, 0.25) is 0 Å². The van der Waals surface area contributed by atoms with Crippen molar-refractivity contribution in [1.29, 1.82) is 0 Å². The number of rotatable bonds is 4. The lowest BCUT2D eigenvalue weighted by atomic mass is 10.2. The van der Waals surface area contributed by atoms with Crippen molar-refractivity contribution in [2.45, 2.75) is 12.5 Å². The van der Waals surface area contributed by atoms with Gasteiger partial charge in [0.1, 0.15) is 18.2 Å². The number of halogens is 2. The van der Waals surface area contributed by atoms with Gasteiger partial charge in [0.15, 0.2) is 0 Å². The van der Waals surface area contributed by atoms with Crippen LogP contribution < -0.4 is 4.74 Å². The molecule has 0 aliphatic rings. The Hall–Kier alpha value is -1.61. The molecule has 0 saturated carbocycles. The van der Waals surface area contributed by atoms with Gasteiger partial charge in [-0.15, -0.1) is 11.6 Å². The molecule has 2 rings (SSSR count). The molecular weight excluding hydrogens is 241 g/mol. The zero-order chi connectivity index (χ0) is 12.1. The number of hydrogen-bond donors (Lipinski definition) is 0. The predicted octanol–water partition coefficient (Wildman–Crippen LogP) is 3.54. The number of ether oxygens (including phenoxy) is 1. The molecule has 0 N–H and O–H groups in total. The lowest BCUT2D eigenvalue weighted by molar-refractivity contribution is 0.298. The van der Waals surface area contributed by atoms with Crippen LogP contribution in [0.3, 0.4) is 0 Å². The summed E-state index contributed by atoms with van der Waals surface area (Å²) < 4.78 is 18.5. The molecule has 0 aliphatic heterocycles. The summed E-state index contributed by atoms with van der Waals surface area (Å²) in [5.41, 5.74) is 1.46. The van der Waals surface area contributed by atoms with Crippen molar-refractivity contribution in [3.8, 4) is 5.75 Å². The smallest absolute Gasteiger partial charge is 0.130 e. The third-order valence-corrected chi connectivity index (χ3v) is 2.56. The van der Waals surface area contributed by atoms with Gasteiger partial charge in [0.05, 0.1) is 11.6 Å². The minimum absolute atomic E-state index is 0.218. The van der Waals surface area contributed by atoms with E-state index < -0.39 is 0 Å². The average Bonchev–Trinajstić information content (AvgIpc) is 2.38.